The fourth-order valence-corrected chi connectivity index (χ4v) is 13.4. The molecule has 2 saturated heterocycles. The molecule has 45 heavy (non-hydrogen) atoms. The van der Waals surface area contributed by atoms with E-state index >= 15 is 8.78 Å². The zero-order chi connectivity index (χ0) is 32.6. The summed E-state index contributed by atoms with van der Waals surface area (Å²) in [6.07, 6.45) is 4.49. The monoisotopic (exact) mass is 636 g/mol. The SMILES string of the molecule is CC(C)(O)[C@@H]1CC[C@@](C)([C@H]2[C@@H](O)C[C@@]3(C)[C@@H]4C[C@H](OC(=O)CN5CCNCC5)[C@H]5C(C)(C)C(F)(F)CC[C@@]56C[C@@]46CC[C@]23C)O1. The van der Waals surface area contributed by atoms with Crippen LogP contribution in [0.3, 0.4) is 0 Å². The van der Waals surface area contributed by atoms with Crippen molar-refractivity contribution in [3.8, 4) is 0 Å². The molecule has 9 heteroatoms. The van der Waals surface area contributed by atoms with E-state index in [0.29, 0.717) is 19.3 Å². The van der Waals surface area contributed by atoms with Crippen molar-refractivity contribution in [1.29, 1.82) is 0 Å². The van der Waals surface area contributed by atoms with Gasteiger partial charge in [0.05, 0.1) is 30.0 Å². The van der Waals surface area contributed by atoms with E-state index in [1.54, 1.807) is 27.7 Å². The summed E-state index contributed by atoms with van der Waals surface area (Å²) in [4.78, 5) is 15.7. The standard InChI is InChI=1S/C36H58F2N2O5/c1-29(2)28-23(44-26(42)20-40-16-14-39-15-17-40)18-24-32(6)19-22(41)27(33(7)9-8-25(45-33)30(3,4)43)31(32,5)10-11-34(24)21-35(28,34)12-13-36(29,37)38/h22-25,27-28,39,41,43H,8-21H2,1-7H3/t22-,23-,24-,25-,27-,28-,31+,32-,33-,34-,35+/m0/s1. The largest absolute Gasteiger partial charge is 0.461 e. The van der Waals surface area contributed by atoms with Crippen molar-refractivity contribution in [1.82, 2.24) is 10.2 Å². The van der Waals surface area contributed by atoms with Gasteiger partial charge in [0.2, 0.25) is 0 Å². The first-order valence-electron chi connectivity index (χ1n) is 17.9. The van der Waals surface area contributed by atoms with E-state index in [9.17, 15) is 15.0 Å². The summed E-state index contributed by atoms with van der Waals surface area (Å²) in [5, 5.41) is 26.1. The zero-order valence-electron chi connectivity index (χ0n) is 28.7. The van der Waals surface area contributed by atoms with E-state index < -0.39 is 40.7 Å². The fourth-order valence-electron chi connectivity index (χ4n) is 13.4. The quantitative estimate of drug-likeness (QED) is 0.359. The molecule has 256 valence electrons. The summed E-state index contributed by atoms with van der Waals surface area (Å²) >= 11 is 0. The van der Waals surface area contributed by atoms with Crippen LogP contribution in [0.1, 0.15) is 106 Å². The highest BCUT2D eigenvalue weighted by molar-refractivity contribution is 5.72. The van der Waals surface area contributed by atoms with Gasteiger partial charge in [-0.25, -0.2) is 8.78 Å². The molecule has 7 rings (SSSR count). The van der Waals surface area contributed by atoms with Crippen LogP contribution in [0.5, 0.6) is 0 Å². The normalized spacial score (nSPS) is 51.9. The third-order valence-electron chi connectivity index (χ3n) is 15.7. The molecule has 0 aromatic heterocycles. The molecule has 2 heterocycles. The Balaban J connectivity index is 1.23. The predicted molar refractivity (Wildman–Crippen MR) is 167 cm³/mol. The maximum atomic E-state index is 15.8. The van der Waals surface area contributed by atoms with Gasteiger partial charge in [0, 0.05) is 49.9 Å². The molecule has 5 saturated carbocycles. The van der Waals surface area contributed by atoms with Crippen molar-refractivity contribution in [3.63, 3.8) is 0 Å². The van der Waals surface area contributed by atoms with E-state index in [2.05, 4.69) is 31.0 Å². The lowest BCUT2D eigenvalue weighted by atomic mass is 9.41. The highest BCUT2D eigenvalue weighted by Crippen LogP contribution is 2.90. The number of aliphatic hydroxyl groups is 2. The van der Waals surface area contributed by atoms with Crippen LogP contribution in [0.4, 0.5) is 8.78 Å². The Morgan fingerprint density at radius 2 is 1.64 bits per heavy atom. The number of esters is 1. The Kier molecular flexibility index (Phi) is 7.15. The minimum atomic E-state index is -2.82. The topological polar surface area (TPSA) is 91.3 Å². The van der Waals surface area contributed by atoms with Gasteiger partial charge in [-0.1, -0.05) is 27.7 Å². The first-order chi connectivity index (χ1) is 20.8. The molecular weight excluding hydrogens is 578 g/mol. The van der Waals surface area contributed by atoms with Crippen LogP contribution in [0.25, 0.3) is 0 Å². The van der Waals surface area contributed by atoms with Crippen LogP contribution in [-0.2, 0) is 14.3 Å². The minimum Gasteiger partial charge on any atom is -0.461 e. The second-order valence-electron chi connectivity index (χ2n) is 18.4. The summed E-state index contributed by atoms with van der Waals surface area (Å²) in [5.74, 6) is -3.46. The maximum absolute atomic E-state index is 15.8. The van der Waals surface area contributed by atoms with Crippen LogP contribution in [0.2, 0.25) is 0 Å². The van der Waals surface area contributed by atoms with Crippen LogP contribution in [0, 0.1) is 44.8 Å². The van der Waals surface area contributed by atoms with Crippen molar-refractivity contribution in [2.24, 2.45) is 44.8 Å². The molecule has 0 amide bonds. The number of fused-ring (bicyclic) bond motifs is 2. The van der Waals surface area contributed by atoms with E-state index in [1.165, 1.54) is 0 Å². The lowest BCUT2D eigenvalue weighted by Gasteiger charge is -2.65. The number of piperazine rings is 1. The molecular formula is C36H58F2N2O5. The summed E-state index contributed by atoms with van der Waals surface area (Å²) in [6, 6.07) is 0. The molecule has 7 aliphatic rings. The lowest BCUT2D eigenvalue weighted by molar-refractivity contribution is -0.252. The highest BCUT2D eigenvalue weighted by Gasteiger charge is 2.86. The Bertz CT molecular complexity index is 1220. The van der Waals surface area contributed by atoms with Gasteiger partial charge < -0.3 is 25.0 Å². The molecule has 0 bridgehead atoms. The number of ether oxygens (including phenoxy) is 2. The van der Waals surface area contributed by atoms with Gasteiger partial charge >= 0.3 is 5.97 Å². The number of alkyl halides is 2. The smallest absolute Gasteiger partial charge is 0.320 e. The maximum Gasteiger partial charge on any atom is 0.320 e. The number of nitrogens with one attached hydrogen (secondary N) is 1. The van der Waals surface area contributed by atoms with Crippen molar-refractivity contribution in [2.75, 3.05) is 32.7 Å². The Morgan fingerprint density at radius 1 is 0.978 bits per heavy atom. The Morgan fingerprint density at radius 3 is 2.29 bits per heavy atom. The van der Waals surface area contributed by atoms with Gasteiger partial charge in [-0.05, 0) is 99.7 Å². The van der Waals surface area contributed by atoms with Crippen LogP contribution in [0.15, 0.2) is 0 Å². The Labute approximate surface area is 268 Å². The number of carbonyl (C=O) groups excluding carboxylic acids is 1. The number of aliphatic hydroxyl groups excluding tert-OH is 1. The van der Waals surface area contributed by atoms with Gasteiger partial charge in [0.1, 0.15) is 6.10 Å². The van der Waals surface area contributed by atoms with Crippen LogP contribution < -0.4 is 5.32 Å². The molecule has 7 fully saturated rings. The molecule has 0 radical (unpaired) electrons. The van der Waals surface area contributed by atoms with Crippen molar-refractivity contribution in [3.05, 3.63) is 0 Å². The van der Waals surface area contributed by atoms with Gasteiger partial charge in [0.25, 0.3) is 5.92 Å². The molecule has 0 aromatic rings. The first-order valence-corrected chi connectivity index (χ1v) is 17.9. The molecule has 2 spiro atoms. The lowest BCUT2D eigenvalue weighted by Crippen LogP contribution is -2.64. The highest BCUT2D eigenvalue weighted by atomic mass is 19.3. The minimum absolute atomic E-state index is 0.0667. The van der Waals surface area contributed by atoms with Crippen LogP contribution in [-0.4, -0.2) is 89.2 Å². The fraction of sp³-hybridized carbons (Fsp3) is 0.972. The van der Waals surface area contributed by atoms with E-state index in [1.807, 2.05) is 0 Å². The zero-order valence-corrected chi connectivity index (χ0v) is 28.7. The molecule has 2 aliphatic heterocycles. The molecule has 0 aromatic carbocycles. The number of hydrogen-bond donors (Lipinski definition) is 3. The van der Waals surface area contributed by atoms with Gasteiger partial charge in [-0.2, -0.15) is 0 Å². The predicted octanol–water partition coefficient (Wildman–Crippen LogP) is 5.17. The second kappa shape index (κ2) is 9.86. The summed E-state index contributed by atoms with van der Waals surface area (Å²) < 4.78 is 44.8. The number of carbonyl (C=O) groups is 1. The summed E-state index contributed by atoms with van der Waals surface area (Å²) in [7, 11) is 0. The van der Waals surface area contributed by atoms with Gasteiger partial charge in [-0.3, -0.25) is 9.69 Å². The molecule has 3 N–H and O–H groups in total. The van der Waals surface area contributed by atoms with Crippen molar-refractivity contribution in [2.45, 2.75) is 142 Å². The van der Waals surface area contributed by atoms with E-state index in [4.69, 9.17) is 9.47 Å². The van der Waals surface area contributed by atoms with Crippen molar-refractivity contribution < 1.29 is 33.3 Å². The number of rotatable bonds is 5. The first kappa shape index (κ1) is 32.7. The summed E-state index contributed by atoms with van der Waals surface area (Å²) in [6.45, 7) is 17.3. The molecule has 5 aliphatic carbocycles. The number of halogens is 2. The third-order valence-corrected chi connectivity index (χ3v) is 15.7. The third kappa shape index (κ3) is 4.31. The average molecular weight is 637 g/mol. The van der Waals surface area contributed by atoms with Crippen molar-refractivity contribution >= 4 is 5.97 Å². The number of hydrogen-bond acceptors (Lipinski definition) is 7. The molecule has 11 atom stereocenters. The van der Waals surface area contributed by atoms with E-state index in [0.717, 1.165) is 58.3 Å². The molecule has 0 unspecified atom stereocenters. The summed E-state index contributed by atoms with van der Waals surface area (Å²) in [5.41, 5.74) is -3.66. The Hall–Kier alpha value is -0.870. The van der Waals surface area contributed by atoms with Crippen LogP contribution >= 0.6 is 0 Å². The van der Waals surface area contributed by atoms with Gasteiger partial charge in [-0.15, -0.1) is 0 Å². The molecule has 7 nitrogen and oxygen atoms in total. The second-order valence-corrected chi connectivity index (χ2v) is 18.4. The van der Waals surface area contributed by atoms with Gasteiger partial charge in [0.15, 0.2) is 0 Å². The number of nitrogens with zero attached hydrogens (tertiary/aromatic N) is 1. The average Bonchev–Trinajstić information content (AvgIpc) is 3.30. The van der Waals surface area contributed by atoms with E-state index in [-0.39, 0.29) is 58.5 Å².